The molecule has 0 saturated heterocycles. The van der Waals surface area contributed by atoms with E-state index in [0.717, 1.165) is 18.1 Å². The zero-order valence-corrected chi connectivity index (χ0v) is 18.4. The van der Waals surface area contributed by atoms with Gasteiger partial charge in [-0.3, -0.25) is 9.58 Å². The van der Waals surface area contributed by atoms with E-state index in [9.17, 15) is 23.1 Å². The summed E-state index contributed by atoms with van der Waals surface area (Å²) >= 11 is 0. The summed E-state index contributed by atoms with van der Waals surface area (Å²) in [7, 11) is 0. The van der Waals surface area contributed by atoms with Gasteiger partial charge >= 0.3 is 12.3 Å². The number of hydrogen-bond donors (Lipinski definition) is 1. The molecule has 1 atom stereocenters. The van der Waals surface area contributed by atoms with Gasteiger partial charge in [0.05, 0.1) is 49.3 Å². The van der Waals surface area contributed by atoms with Gasteiger partial charge in [0.25, 0.3) is 0 Å². The van der Waals surface area contributed by atoms with Crippen LogP contribution in [0.25, 0.3) is 0 Å². The van der Waals surface area contributed by atoms with Gasteiger partial charge in [0, 0.05) is 24.5 Å². The molecule has 0 bridgehead atoms. The van der Waals surface area contributed by atoms with Crippen LogP contribution in [-0.4, -0.2) is 60.6 Å². The van der Waals surface area contributed by atoms with Gasteiger partial charge in [-0.1, -0.05) is 0 Å². The topological polar surface area (TPSA) is 96.6 Å². The van der Waals surface area contributed by atoms with Gasteiger partial charge in [-0.2, -0.15) is 18.3 Å². The van der Waals surface area contributed by atoms with Gasteiger partial charge in [0.2, 0.25) is 5.95 Å². The highest BCUT2D eigenvalue weighted by molar-refractivity contribution is 5.66. The Morgan fingerprint density at radius 3 is 2.47 bits per heavy atom. The van der Waals surface area contributed by atoms with Crippen molar-refractivity contribution in [2.45, 2.75) is 65.1 Å². The summed E-state index contributed by atoms with van der Waals surface area (Å²) in [4.78, 5) is 22.4. The van der Waals surface area contributed by atoms with Crippen LogP contribution in [0.4, 0.5) is 23.9 Å². The summed E-state index contributed by atoms with van der Waals surface area (Å²) in [5.74, 6) is 0.230. The van der Waals surface area contributed by atoms with Crippen LogP contribution < -0.4 is 4.90 Å². The molecule has 0 aliphatic carbocycles. The molecule has 2 aromatic rings. The second-order valence-electron chi connectivity index (χ2n) is 8.73. The number of amides is 1. The van der Waals surface area contributed by atoms with Crippen LogP contribution in [-0.2, 0) is 30.6 Å². The molecule has 12 heteroatoms. The minimum absolute atomic E-state index is 0.220. The lowest BCUT2D eigenvalue weighted by atomic mass is 10.0. The molecule has 2 aromatic heterocycles. The summed E-state index contributed by atoms with van der Waals surface area (Å²) < 4.78 is 45.7. The Morgan fingerprint density at radius 1 is 1.25 bits per heavy atom. The Balaban J connectivity index is 1.58. The maximum Gasteiger partial charge on any atom is 0.419 e. The molecule has 1 amide bonds. The minimum Gasteiger partial charge on any atom is -0.465 e. The number of fused-ring (bicyclic) bond motifs is 1. The standard InChI is InChI=1S/C20H27F3N6O3/c1-13(29(18(30)31)19(2,3)4)11-32-12-15-7-16-10-27(5-6-28(16)26-15)17-24-8-14(9-25-17)20(21,22)23/h7-9,13H,5-6,10-12H2,1-4H3,(H,30,31)/t13-/m0/s1. The molecule has 9 nitrogen and oxygen atoms in total. The Bertz CT molecular complexity index is 940. The van der Waals surface area contributed by atoms with E-state index in [-0.39, 0.29) is 25.2 Å². The lowest BCUT2D eigenvalue weighted by Gasteiger charge is -2.37. The van der Waals surface area contributed by atoms with Gasteiger partial charge in [-0.25, -0.2) is 14.8 Å². The molecule has 0 aromatic carbocycles. The molecule has 0 unspecified atom stereocenters. The molecule has 1 N–H and O–H groups in total. The molecule has 0 radical (unpaired) electrons. The van der Waals surface area contributed by atoms with E-state index in [0.29, 0.717) is 25.3 Å². The van der Waals surface area contributed by atoms with Crippen LogP contribution in [0, 0.1) is 0 Å². The van der Waals surface area contributed by atoms with Crippen LogP contribution >= 0.6 is 0 Å². The summed E-state index contributed by atoms with van der Waals surface area (Å²) in [6.45, 7) is 9.16. The molecular weight excluding hydrogens is 429 g/mol. The van der Waals surface area contributed by atoms with E-state index in [2.05, 4.69) is 15.1 Å². The third kappa shape index (κ3) is 5.47. The Kier molecular flexibility index (Phi) is 6.63. The zero-order valence-electron chi connectivity index (χ0n) is 18.4. The van der Waals surface area contributed by atoms with E-state index in [1.807, 2.05) is 31.5 Å². The van der Waals surface area contributed by atoms with Gasteiger partial charge in [0.15, 0.2) is 0 Å². The quantitative estimate of drug-likeness (QED) is 0.712. The highest BCUT2D eigenvalue weighted by Gasteiger charge is 2.32. The van der Waals surface area contributed by atoms with Crippen molar-refractivity contribution >= 4 is 12.0 Å². The van der Waals surface area contributed by atoms with E-state index < -0.39 is 23.4 Å². The van der Waals surface area contributed by atoms with Gasteiger partial charge < -0.3 is 14.7 Å². The van der Waals surface area contributed by atoms with E-state index in [1.54, 1.807) is 11.8 Å². The highest BCUT2D eigenvalue weighted by Crippen LogP contribution is 2.29. The smallest absolute Gasteiger partial charge is 0.419 e. The molecular formula is C20H27F3N6O3. The van der Waals surface area contributed by atoms with Crippen LogP contribution in [0.15, 0.2) is 18.5 Å². The number of alkyl halides is 3. The van der Waals surface area contributed by atoms with Crippen molar-refractivity contribution in [1.29, 1.82) is 0 Å². The minimum atomic E-state index is -4.47. The molecule has 1 aliphatic rings. The summed E-state index contributed by atoms with van der Waals surface area (Å²) in [6.07, 6.45) is -3.91. The second-order valence-corrected chi connectivity index (χ2v) is 8.73. The van der Waals surface area contributed by atoms with Crippen LogP contribution in [0.2, 0.25) is 0 Å². The number of anilines is 1. The van der Waals surface area contributed by atoms with E-state index >= 15 is 0 Å². The number of rotatable bonds is 6. The van der Waals surface area contributed by atoms with Crippen LogP contribution in [0.3, 0.4) is 0 Å². The van der Waals surface area contributed by atoms with Crippen molar-refractivity contribution in [2.24, 2.45) is 0 Å². The molecule has 176 valence electrons. The van der Waals surface area contributed by atoms with Crippen molar-refractivity contribution in [3.8, 4) is 0 Å². The fourth-order valence-electron chi connectivity index (χ4n) is 3.74. The fourth-order valence-corrected chi connectivity index (χ4v) is 3.74. The molecule has 0 fully saturated rings. The van der Waals surface area contributed by atoms with Gasteiger partial charge in [-0.15, -0.1) is 0 Å². The predicted octanol–water partition coefficient (Wildman–Crippen LogP) is 3.40. The number of carboxylic acid groups (broad SMARTS) is 1. The van der Waals surface area contributed by atoms with Crippen LogP contribution in [0.5, 0.6) is 0 Å². The number of ether oxygens (including phenoxy) is 1. The monoisotopic (exact) mass is 456 g/mol. The molecule has 1 aliphatic heterocycles. The van der Waals surface area contributed by atoms with Gasteiger partial charge in [0.1, 0.15) is 0 Å². The molecule has 32 heavy (non-hydrogen) atoms. The Hall–Kier alpha value is -2.89. The normalized spacial score (nSPS) is 15.4. The van der Waals surface area contributed by atoms with Crippen molar-refractivity contribution in [2.75, 3.05) is 18.1 Å². The van der Waals surface area contributed by atoms with E-state index in [1.165, 1.54) is 4.90 Å². The van der Waals surface area contributed by atoms with Crippen molar-refractivity contribution in [1.82, 2.24) is 24.6 Å². The lowest BCUT2D eigenvalue weighted by Crippen LogP contribution is -2.51. The molecule has 0 spiro atoms. The number of carbonyl (C=O) groups is 1. The predicted molar refractivity (Wildman–Crippen MR) is 109 cm³/mol. The van der Waals surface area contributed by atoms with Crippen molar-refractivity contribution in [3.05, 3.63) is 35.4 Å². The summed E-state index contributed by atoms with van der Waals surface area (Å²) in [6, 6.07) is 1.52. The largest absolute Gasteiger partial charge is 0.465 e. The Labute approximate surface area is 183 Å². The van der Waals surface area contributed by atoms with Crippen molar-refractivity contribution in [3.63, 3.8) is 0 Å². The molecule has 3 rings (SSSR count). The number of hydrogen-bond acceptors (Lipinski definition) is 6. The molecule has 0 saturated carbocycles. The first kappa shape index (κ1) is 23.8. The third-order valence-electron chi connectivity index (χ3n) is 5.08. The van der Waals surface area contributed by atoms with Gasteiger partial charge in [-0.05, 0) is 33.8 Å². The first-order chi connectivity index (χ1) is 14.9. The zero-order chi connectivity index (χ0) is 23.7. The molecule has 3 heterocycles. The average molecular weight is 456 g/mol. The SMILES string of the molecule is C[C@@H](COCc1cc2n(n1)CCN(c1ncc(C(F)(F)F)cn1)C2)N(C(=O)O)C(C)(C)C. The summed E-state index contributed by atoms with van der Waals surface area (Å²) in [5.41, 5.74) is 0.129. The fraction of sp³-hybridized carbons (Fsp3) is 0.600. The maximum absolute atomic E-state index is 12.7. The van der Waals surface area contributed by atoms with E-state index in [4.69, 9.17) is 4.74 Å². The number of halogens is 3. The lowest BCUT2D eigenvalue weighted by molar-refractivity contribution is -0.138. The second kappa shape index (κ2) is 8.93. The maximum atomic E-state index is 12.7. The van der Waals surface area contributed by atoms with Crippen LogP contribution in [0.1, 0.15) is 44.6 Å². The highest BCUT2D eigenvalue weighted by atomic mass is 19.4. The Morgan fingerprint density at radius 2 is 1.91 bits per heavy atom. The average Bonchev–Trinajstić information content (AvgIpc) is 3.07. The summed E-state index contributed by atoms with van der Waals surface area (Å²) in [5, 5.41) is 14.0. The first-order valence-electron chi connectivity index (χ1n) is 10.2. The third-order valence-corrected chi connectivity index (χ3v) is 5.08. The van der Waals surface area contributed by atoms with Crippen molar-refractivity contribution < 1.29 is 27.8 Å². The number of nitrogens with zero attached hydrogens (tertiary/aromatic N) is 6. The first-order valence-corrected chi connectivity index (χ1v) is 10.2. The number of aromatic nitrogens is 4.